The summed E-state index contributed by atoms with van der Waals surface area (Å²) < 4.78 is 11.7. The molecule has 1 saturated heterocycles. The lowest BCUT2D eigenvalue weighted by atomic mass is 9.98. The first-order valence-electron chi connectivity index (χ1n) is 6.71. The van der Waals surface area contributed by atoms with E-state index in [2.05, 4.69) is 25.6 Å². The summed E-state index contributed by atoms with van der Waals surface area (Å²) in [4.78, 5) is 0. The highest BCUT2D eigenvalue weighted by Crippen LogP contribution is 2.25. The van der Waals surface area contributed by atoms with E-state index in [4.69, 9.17) is 9.47 Å². The van der Waals surface area contributed by atoms with E-state index in [9.17, 15) is 0 Å². The van der Waals surface area contributed by atoms with Gasteiger partial charge in [-0.3, -0.25) is 0 Å². The molecule has 0 saturated carbocycles. The summed E-state index contributed by atoms with van der Waals surface area (Å²) in [5.74, 6) is 0. The Morgan fingerprint density at radius 2 is 1.94 bits per heavy atom. The second-order valence-electron chi connectivity index (χ2n) is 4.95. The van der Waals surface area contributed by atoms with Crippen LogP contribution in [0.25, 0.3) is 0 Å². The predicted molar refractivity (Wildman–Crippen MR) is 73.4 cm³/mol. The van der Waals surface area contributed by atoms with Crippen molar-refractivity contribution in [2.24, 2.45) is 0 Å². The average molecular weight is 246 g/mol. The Labute approximate surface area is 110 Å². The summed E-state index contributed by atoms with van der Waals surface area (Å²) in [5.41, 5.74) is 2.50. The van der Waals surface area contributed by atoms with Crippen LogP contribution in [0.1, 0.15) is 31.7 Å². The Balaban J connectivity index is 1.74. The average Bonchev–Trinajstić information content (AvgIpc) is 2.39. The molecule has 18 heavy (non-hydrogen) atoms. The molecule has 0 unspecified atom stereocenters. The fraction of sp³-hybridized carbons (Fsp3) is 0.500. The lowest BCUT2D eigenvalue weighted by Crippen LogP contribution is -2.31. The van der Waals surface area contributed by atoms with Crippen molar-refractivity contribution in [1.82, 2.24) is 0 Å². The van der Waals surface area contributed by atoms with E-state index in [0.717, 1.165) is 19.3 Å². The number of hydrogen-bond acceptors (Lipinski definition) is 2. The highest BCUT2D eigenvalue weighted by atomic mass is 16.5. The van der Waals surface area contributed by atoms with Crippen LogP contribution in [-0.2, 0) is 16.1 Å². The monoisotopic (exact) mass is 246 g/mol. The molecule has 2 nitrogen and oxygen atoms in total. The first-order valence-corrected chi connectivity index (χ1v) is 6.71. The van der Waals surface area contributed by atoms with Crippen LogP contribution in [0, 0.1) is 0 Å². The van der Waals surface area contributed by atoms with E-state index >= 15 is 0 Å². The van der Waals surface area contributed by atoms with E-state index < -0.39 is 0 Å². The molecule has 1 aliphatic rings. The topological polar surface area (TPSA) is 18.5 Å². The summed E-state index contributed by atoms with van der Waals surface area (Å²) >= 11 is 0. The zero-order chi connectivity index (χ0) is 12.8. The Morgan fingerprint density at radius 1 is 1.22 bits per heavy atom. The van der Waals surface area contributed by atoms with Gasteiger partial charge >= 0.3 is 0 Å². The molecular weight excluding hydrogens is 224 g/mol. The van der Waals surface area contributed by atoms with Gasteiger partial charge in [-0.05, 0) is 24.8 Å². The highest BCUT2D eigenvalue weighted by molar-refractivity contribution is 5.13. The number of ether oxygens (including phenoxy) is 2. The van der Waals surface area contributed by atoms with Crippen molar-refractivity contribution in [3.63, 3.8) is 0 Å². The maximum atomic E-state index is 5.96. The second-order valence-corrected chi connectivity index (χ2v) is 4.95. The van der Waals surface area contributed by atoms with Gasteiger partial charge in [0, 0.05) is 0 Å². The van der Waals surface area contributed by atoms with Crippen molar-refractivity contribution in [2.45, 2.75) is 45.0 Å². The third kappa shape index (κ3) is 3.97. The van der Waals surface area contributed by atoms with Gasteiger partial charge in [-0.15, -0.1) is 0 Å². The zero-order valence-electron chi connectivity index (χ0n) is 11.1. The molecule has 0 amide bonds. The van der Waals surface area contributed by atoms with Gasteiger partial charge in [0.05, 0.1) is 25.4 Å². The summed E-state index contributed by atoms with van der Waals surface area (Å²) in [5, 5.41) is 0. The molecule has 0 spiro atoms. The smallest absolute Gasteiger partial charge is 0.0849 e. The molecular formula is C16H22O2. The third-order valence-electron chi connectivity index (χ3n) is 3.29. The molecule has 1 heterocycles. The van der Waals surface area contributed by atoms with E-state index in [1.807, 2.05) is 18.2 Å². The lowest BCUT2D eigenvalue weighted by Gasteiger charge is -2.30. The van der Waals surface area contributed by atoms with E-state index in [1.54, 1.807) is 0 Å². The standard InChI is InChI=1S/C16H22O2/c1-3-15-9-13(2)10-16(18-15)12-17-11-14-7-5-4-6-8-14/h4-8,15-16H,2-3,9-12H2,1H3/t15-,16-/m1/s1. The minimum atomic E-state index is 0.180. The highest BCUT2D eigenvalue weighted by Gasteiger charge is 2.23. The first-order chi connectivity index (χ1) is 8.78. The molecule has 1 fully saturated rings. The molecule has 2 heteroatoms. The lowest BCUT2D eigenvalue weighted by molar-refractivity contribution is -0.0752. The van der Waals surface area contributed by atoms with E-state index in [0.29, 0.717) is 19.3 Å². The van der Waals surface area contributed by atoms with Crippen molar-refractivity contribution in [1.29, 1.82) is 0 Å². The first kappa shape index (κ1) is 13.3. The van der Waals surface area contributed by atoms with Crippen LogP contribution in [0.5, 0.6) is 0 Å². The van der Waals surface area contributed by atoms with Crippen LogP contribution < -0.4 is 0 Å². The third-order valence-corrected chi connectivity index (χ3v) is 3.29. The molecule has 98 valence electrons. The number of rotatable bonds is 5. The molecule has 2 atom stereocenters. The maximum absolute atomic E-state index is 5.96. The molecule has 0 N–H and O–H groups in total. The summed E-state index contributed by atoms with van der Waals surface area (Å²) in [7, 11) is 0. The zero-order valence-corrected chi connectivity index (χ0v) is 11.1. The summed E-state index contributed by atoms with van der Waals surface area (Å²) in [6.07, 6.45) is 3.50. The van der Waals surface area contributed by atoms with Crippen LogP contribution in [-0.4, -0.2) is 18.8 Å². The van der Waals surface area contributed by atoms with Crippen LogP contribution in [0.15, 0.2) is 42.5 Å². The normalized spacial score (nSPS) is 24.2. The van der Waals surface area contributed by atoms with Crippen molar-refractivity contribution < 1.29 is 9.47 Å². The van der Waals surface area contributed by atoms with Gasteiger partial charge in [0.25, 0.3) is 0 Å². The second kappa shape index (κ2) is 6.72. The van der Waals surface area contributed by atoms with Crippen LogP contribution in [0.4, 0.5) is 0 Å². The van der Waals surface area contributed by atoms with E-state index in [-0.39, 0.29) is 6.10 Å². The summed E-state index contributed by atoms with van der Waals surface area (Å²) in [6, 6.07) is 10.2. The van der Waals surface area contributed by atoms with Gasteiger partial charge in [-0.2, -0.15) is 0 Å². The van der Waals surface area contributed by atoms with Crippen molar-refractivity contribution in [2.75, 3.05) is 6.61 Å². The van der Waals surface area contributed by atoms with Gasteiger partial charge in [-0.25, -0.2) is 0 Å². The quantitative estimate of drug-likeness (QED) is 0.737. The van der Waals surface area contributed by atoms with E-state index in [1.165, 1.54) is 11.1 Å². The van der Waals surface area contributed by atoms with Gasteiger partial charge < -0.3 is 9.47 Å². The molecule has 1 aliphatic heterocycles. The van der Waals surface area contributed by atoms with Gasteiger partial charge in [-0.1, -0.05) is 49.4 Å². The van der Waals surface area contributed by atoms with Gasteiger partial charge in [0.15, 0.2) is 0 Å². The molecule has 0 radical (unpaired) electrons. The van der Waals surface area contributed by atoms with Gasteiger partial charge in [0.2, 0.25) is 0 Å². The molecule has 0 bridgehead atoms. The van der Waals surface area contributed by atoms with Crippen molar-refractivity contribution >= 4 is 0 Å². The molecule has 1 aromatic carbocycles. The van der Waals surface area contributed by atoms with Crippen LogP contribution in [0.3, 0.4) is 0 Å². The van der Waals surface area contributed by atoms with Crippen molar-refractivity contribution in [3.05, 3.63) is 48.0 Å². The fourth-order valence-electron chi connectivity index (χ4n) is 2.32. The Kier molecular flexibility index (Phi) is 4.97. The number of hydrogen-bond donors (Lipinski definition) is 0. The SMILES string of the molecule is C=C1C[C@@H](CC)O[C@@H](COCc2ccccc2)C1. The van der Waals surface area contributed by atoms with Gasteiger partial charge in [0.1, 0.15) is 0 Å². The molecule has 0 aliphatic carbocycles. The molecule has 2 rings (SSSR count). The summed E-state index contributed by atoms with van der Waals surface area (Å²) in [6.45, 7) is 7.57. The minimum Gasteiger partial charge on any atom is -0.374 e. The molecule has 1 aromatic rings. The molecule has 0 aromatic heterocycles. The van der Waals surface area contributed by atoms with Crippen LogP contribution in [0.2, 0.25) is 0 Å². The largest absolute Gasteiger partial charge is 0.374 e. The van der Waals surface area contributed by atoms with Crippen molar-refractivity contribution in [3.8, 4) is 0 Å². The maximum Gasteiger partial charge on any atom is 0.0849 e. The Morgan fingerprint density at radius 3 is 2.67 bits per heavy atom. The Bertz CT molecular complexity index is 372. The predicted octanol–water partition coefficient (Wildman–Crippen LogP) is 3.72. The minimum absolute atomic E-state index is 0.180. The number of benzene rings is 1. The van der Waals surface area contributed by atoms with Crippen LogP contribution >= 0.6 is 0 Å². The Hall–Kier alpha value is -1.12. The fourth-order valence-corrected chi connectivity index (χ4v) is 2.32.